The molecule has 0 unspecified atom stereocenters. The van der Waals surface area contributed by atoms with Gasteiger partial charge in [-0.15, -0.1) is 0 Å². The first-order chi connectivity index (χ1) is 6.65. The number of carbonyl (C=O) groups is 1. The standard InChI is InChI=1S/C10H17N3O/c1-4-5-6-9(14)11-10-7(2)12-13-8(10)3/h4-6H2,1-3H3,(H,11,14)(H,12,13). The summed E-state index contributed by atoms with van der Waals surface area (Å²) in [6.45, 7) is 5.84. The molecule has 4 nitrogen and oxygen atoms in total. The van der Waals surface area contributed by atoms with Gasteiger partial charge in [-0.1, -0.05) is 13.3 Å². The van der Waals surface area contributed by atoms with Crippen molar-refractivity contribution in [2.24, 2.45) is 0 Å². The number of unbranched alkanes of at least 4 members (excludes halogenated alkanes) is 1. The normalized spacial score (nSPS) is 10.2. The van der Waals surface area contributed by atoms with Crippen molar-refractivity contribution >= 4 is 11.6 Å². The van der Waals surface area contributed by atoms with E-state index < -0.39 is 0 Å². The van der Waals surface area contributed by atoms with Crippen LogP contribution >= 0.6 is 0 Å². The molecule has 2 N–H and O–H groups in total. The summed E-state index contributed by atoms with van der Waals surface area (Å²) in [6, 6.07) is 0. The van der Waals surface area contributed by atoms with Crippen LogP contribution in [0.3, 0.4) is 0 Å². The van der Waals surface area contributed by atoms with Gasteiger partial charge in [0.05, 0.1) is 17.1 Å². The molecular formula is C10H17N3O. The third-order valence-corrected chi connectivity index (χ3v) is 2.15. The van der Waals surface area contributed by atoms with Crippen LogP contribution in [0.4, 0.5) is 5.69 Å². The fraction of sp³-hybridized carbons (Fsp3) is 0.600. The van der Waals surface area contributed by atoms with E-state index in [0.717, 1.165) is 29.9 Å². The Bertz CT molecular complexity index is 298. The smallest absolute Gasteiger partial charge is 0.224 e. The highest BCUT2D eigenvalue weighted by atomic mass is 16.1. The lowest BCUT2D eigenvalue weighted by Crippen LogP contribution is -2.12. The monoisotopic (exact) mass is 195 g/mol. The summed E-state index contributed by atoms with van der Waals surface area (Å²) in [7, 11) is 0. The molecule has 1 amide bonds. The lowest BCUT2D eigenvalue weighted by molar-refractivity contribution is -0.116. The number of hydrogen-bond acceptors (Lipinski definition) is 2. The van der Waals surface area contributed by atoms with Crippen molar-refractivity contribution in [3.05, 3.63) is 11.4 Å². The van der Waals surface area contributed by atoms with Gasteiger partial charge < -0.3 is 5.32 Å². The maximum absolute atomic E-state index is 11.4. The van der Waals surface area contributed by atoms with E-state index in [1.54, 1.807) is 0 Å². The molecule has 0 spiro atoms. The molecule has 78 valence electrons. The first-order valence-corrected chi connectivity index (χ1v) is 4.96. The topological polar surface area (TPSA) is 57.8 Å². The summed E-state index contributed by atoms with van der Waals surface area (Å²) in [5.41, 5.74) is 2.57. The minimum Gasteiger partial charge on any atom is -0.323 e. The van der Waals surface area contributed by atoms with Crippen LogP contribution in [0.1, 0.15) is 37.6 Å². The fourth-order valence-corrected chi connectivity index (χ4v) is 1.27. The summed E-state index contributed by atoms with van der Waals surface area (Å²) in [5, 5.41) is 9.70. The van der Waals surface area contributed by atoms with Crippen LogP contribution in [0.25, 0.3) is 0 Å². The van der Waals surface area contributed by atoms with Gasteiger partial charge in [-0.05, 0) is 20.3 Å². The van der Waals surface area contributed by atoms with Crippen LogP contribution in [0, 0.1) is 13.8 Å². The Labute approximate surface area is 84.1 Å². The molecule has 14 heavy (non-hydrogen) atoms. The van der Waals surface area contributed by atoms with E-state index in [1.807, 2.05) is 13.8 Å². The molecule has 0 bridgehead atoms. The average Bonchev–Trinajstić information content (AvgIpc) is 2.46. The molecule has 0 saturated heterocycles. The lowest BCUT2D eigenvalue weighted by Gasteiger charge is -2.03. The fourth-order valence-electron chi connectivity index (χ4n) is 1.27. The third-order valence-electron chi connectivity index (χ3n) is 2.15. The minimum atomic E-state index is 0.0689. The van der Waals surface area contributed by atoms with Gasteiger partial charge in [0.1, 0.15) is 0 Å². The molecule has 1 aromatic rings. The van der Waals surface area contributed by atoms with E-state index >= 15 is 0 Å². The van der Waals surface area contributed by atoms with Gasteiger partial charge in [-0.2, -0.15) is 5.10 Å². The van der Waals surface area contributed by atoms with Crippen molar-refractivity contribution in [1.82, 2.24) is 10.2 Å². The molecule has 0 aliphatic carbocycles. The Hall–Kier alpha value is -1.32. The Morgan fingerprint density at radius 1 is 1.50 bits per heavy atom. The summed E-state index contributed by atoms with van der Waals surface area (Å²) in [4.78, 5) is 11.4. The molecule has 0 radical (unpaired) electrons. The van der Waals surface area contributed by atoms with Crippen LogP contribution in [0.15, 0.2) is 0 Å². The lowest BCUT2D eigenvalue weighted by atomic mass is 10.2. The average molecular weight is 195 g/mol. The Morgan fingerprint density at radius 2 is 2.21 bits per heavy atom. The number of carbonyl (C=O) groups excluding carboxylic acids is 1. The van der Waals surface area contributed by atoms with E-state index in [9.17, 15) is 4.79 Å². The molecule has 0 saturated carbocycles. The van der Waals surface area contributed by atoms with Crippen molar-refractivity contribution in [2.75, 3.05) is 5.32 Å². The number of anilines is 1. The molecule has 0 aliphatic rings. The zero-order valence-corrected chi connectivity index (χ0v) is 8.98. The van der Waals surface area contributed by atoms with Crippen molar-refractivity contribution in [2.45, 2.75) is 40.0 Å². The predicted molar refractivity (Wildman–Crippen MR) is 56.2 cm³/mol. The van der Waals surface area contributed by atoms with E-state index in [2.05, 4.69) is 22.4 Å². The molecule has 1 rings (SSSR count). The largest absolute Gasteiger partial charge is 0.323 e. The quantitative estimate of drug-likeness (QED) is 0.773. The van der Waals surface area contributed by atoms with E-state index in [1.165, 1.54) is 0 Å². The third kappa shape index (κ3) is 2.58. The van der Waals surface area contributed by atoms with Gasteiger partial charge in [-0.3, -0.25) is 9.89 Å². The number of amides is 1. The maximum atomic E-state index is 11.4. The summed E-state index contributed by atoms with van der Waals surface area (Å²) in [6.07, 6.45) is 2.55. The molecule has 1 aromatic heterocycles. The minimum absolute atomic E-state index is 0.0689. The molecular weight excluding hydrogens is 178 g/mol. The second kappa shape index (κ2) is 4.79. The first-order valence-electron chi connectivity index (χ1n) is 4.96. The van der Waals surface area contributed by atoms with Crippen molar-refractivity contribution < 1.29 is 4.79 Å². The van der Waals surface area contributed by atoms with Gasteiger partial charge in [0, 0.05) is 6.42 Å². The van der Waals surface area contributed by atoms with E-state index in [-0.39, 0.29) is 5.91 Å². The molecule has 0 aromatic carbocycles. The number of rotatable bonds is 4. The van der Waals surface area contributed by atoms with Crippen LogP contribution in [0.2, 0.25) is 0 Å². The van der Waals surface area contributed by atoms with E-state index in [4.69, 9.17) is 0 Å². The molecule has 0 aliphatic heterocycles. The molecule has 0 fully saturated rings. The summed E-state index contributed by atoms with van der Waals surface area (Å²) >= 11 is 0. The van der Waals surface area contributed by atoms with Gasteiger partial charge in [-0.25, -0.2) is 0 Å². The van der Waals surface area contributed by atoms with Crippen LogP contribution in [-0.4, -0.2) is 16.1 Å². The number of H-pyrrole nitrogens is 1. The second-order valence-corrected chi connectivity index (χ2v) is 3.46. The second-order valence-electron chi connectivity index (χ2n) is 3.46. The highest BCUT2D eigenvalue weighted by Crippen LogP contribution is 2.16. The number of hydrogen-bond donors (Lipinski definition) is 2. The zero-order chi connectivity index (χ0) is 10.6. The molecule has 1 heterocycles. The van der Waals surface area contributed by atoms with Crippen LogP contribution in [0.5, 0.6) is 0 Å². The SMILES string of the molecule is CCCCC(=O)Nc1c(C)n[nH]c1C. The highest BCUT2D eigenvalue weighted by molar-refractivity contribution is 5.91. The number of nitrogens with zero attached hydrogens (tertiary/aromatic N) is 1. The first kappa shape index (κ1) is 10.8. The van der Waals surface area contributed by atoms with Gasteiger partial charge in [0.25, 0.3) is 0 Å². The Morgan fingerprint density at radius 3 is 2.71 bits per heavy atom. The van der Waals surface area contributed by atoms with Crippen molar-refractivity contribution in [1.29, 1.82) is 0 Å². The Kier molecular flexibility index (Phi) is 3.68. The highest BCUT2D eigenvalue weighted by Gasteiger charge is 2.08. The van der Waals surface area contributed by atoms with Gasteiger partial charge >= 0.3 is 0 Å². The molecule has 0 atom stereocenters. The van der Waals surface area contributed by atoms with Crippen molar-refractivity contribution in [3.63, 3.8) is 0 Å². The number of nitrogens with one attached hydrogen (secondary N) is 2. The maximum Gasteiger partial charge on any atom is 0.224 e. The van der Waals surface area contributed by atoms with Gasteiger partial charge in [0.2, 0.25) is 5.91 Å². The van der Waals surface area contributed by atoms with Crippen LogP contribution < -0.4 is 5.32 Å². The molecule has 4 heteroatoms. The number of aryl methyl sites for hydroxylation is 2. The summed E-state index contributed by atoms with van der Waals surface area (Å²) < 4.78 is 0. The summed E-state index contributed by atoms with van der Waals surface area (Å²) in [5.74, 6) is 0.0689. The Balaban J connectivity index is 2.55. The number of aromatic amines is 1. The van der Waals surface area contributed by atoms with Crippen LogP contribution in [-0.2, 0) is 4.79 Å². The van der Waals surface area contributed by atoms with E-state index in [0.29, 0.717) is 6.42 Å². The van der Waals surface area contributed by atoms with Gasteiger partial charge in [0.15, 0.2) is 0 Å². The number of aromatic nitrogens is 2. The predicted octanol–water partition coefficient (Wildman–Crippen LogP) is 2.16. The van der Waals surface area contributed by atoms with Crippen molar-refractivity contribution in [3.8, 4) is 0 Å². The zero-order valence-electron chi connectivity index (χ0n) is 8.98.